The van der Waals surface area contributed by atoms with Gasteiger partial charge in [0.2, 0.25) is 0 Å². The summed E-state index contributed by atoms with van der Waals surface area (Å²) in [5, 5.41) is 0. The molecule has 66 valence electrons. The van der Waals surface area contributed by atoms with Gasteiger partial charge >= 0.3 is 0 Å². The lowest BCUT2D eigenvalue weighted by Crippen LogP contribution is -2.54. The first-order valence-electron chi connectivity index (χ1n) is 4.55. The average molecular weight is 156 g/mol. The fourth-order valence-corrected chi connectivity index (χ4v) is 1.80. The fraction of sp³-hybridized carbons (Fsp3) is 1.00. The van der Waals surface area contributed by atoms with Crippen molar-refractivity contribution in [3.05, 3.63) is 0 Å². The second kappa shape index (κ2) is 3.55. The molecular weight excluding hydrogens is 136 g/mol. The lowest BCUT2D eigenvalue weighted by atomic mass is 10.1. The van der Waals surface area contributed by atoms with Gasteiger partial charge in [-0.05, 0) is 27.4 Å². The molecule has 0 N–H and O–H groups in total. The smallest absolute Gasteiger partial charge is 0.0218 e. The van der Waals surface area contributed by atoms with Crippen molar-refractivity contribution in [2.75, 3.05) is 27.2 Å². The van der Waals surface area contributed by atoms with E-state index in [4.69, 9.17) is 0 Å². The van der Waals surface area contributed by atoms with E-state index in [-0.39, 0.29) is 0 Å². The first-order valence-corrected chi connectivity index (χ1v) is 4.55. The number of likely N-dealkylation sites (N-methyl/N-ethyl adjacent to an activating group) is 2. The van der Waals surface area contributed by atoms with E-state index in [0.717, 1.165) is 12.1 Å². The van der Waals surface area contributed by atoms with Crippen LogP contribution < -0.4 is 0 Å². The molecule has 1 aliphatic rings. The summed E-state index contributed by atoms with van der Waals surface area (Å²) in [6.07, 6.45) is 1.27. The number of rotatable bonds is 1. The molecule has 1 saturated heterocycles. The van der Waals surface area contributed by atoms with E-state index in [0.29, 0.717) is 0 Å². The Morgan fingerprint density at radius 3 is 2.36 bits per heavy atom. The Morgan fingerprint density at radius 1 is 1.18 bits per heavy atom. The maximum atomic E-state index is 2.48. The Hall–Kier alpha value is -0.0800. The number of hydrogen-bond donors (Lipinski definition) is 0. The van der Waals surface area contributed by atoms with Gasteiger partial charge in [0.15, 0.2) is 0 Å². The highest BCUT2D eigenvalue weighted by Crippen LogP contribution is 2.13. The summed E-state index contributed by atoms with van der Waals surface area (Å²) in [6.45, 7) is 7.01. The van der Waals surface area contributed by atoms with Crippen molar-refractivity contribution < 1.29 is 0 Å². The second-order valence-electron chi connectivity index (χ2n) is 3.79. The highest BCUT2D eigenvalue weighted by atomic mass is 15.3. The van der Waals surface area contributed by atoms with Crippen molar-refractivity contribution in [2.24, 2.45) is 0 Å². The van der Waals surface area contributed by atoms with E-state index in [1.807, 2.05) is 0 Å². The summed E-state index contributed by atoms with van der Waals surface area (Å²) in [6, 6.07) is 1.50. The van der Waals surface area contributed by atoms with Gasteiger partial charge in [-0.15, -0.1) is 0 Å². The van der Waals surface area contributed by atoms with Crippen LogP contribution in [0.2, 0.25) is 0 Å². The normalized spacial score (nSPS) is 36.0. The van der Waals surface area contributed by atoms with Crippen LogP contribution in [0.3, 0.4) is 0 Å². The summed E-state index contributed by atoms with van der Waals surface area (Å²) < 4.78 is 0. The molecule has 1 aliphatic heterocycles. The molecule has 1 heterocycles. The molecule has 0 bridgehead atoms. The molecule has 0 radical (unpaired) electrons. The number of nitrogens with zero attached hydrogens (tertiary/aromatic N) is 2. The van der Waals surface area contributed by atoms with Crippen LogP contribution in [-0.4, -0.2) is 49.1 Å². The molecule has 0 saturated carbocycles. The van der Waals surface area contributed by atoms with Crippen LogP contribution in [0.15, 0.2) is 0 Å². The lowest BCUT2D eigenvalue weighted by Gasteiger charge is -2.41. The van der Waals surface area contributed by atoms with Gasteiger partial charge in [-0.25, -0.2) is 0 Å². The van der Waals surface area contributed by atoms with E-state index in [9.17, 15) is 0 Å². The Balaban J connectivity index is 2.48. The van der Waals surface area contributed by atoms with Crippen molar-refractivity contribution >= 4 is 0 Å². The predicted molar refractivity (Wildman–Crippen MR) is 48.8 cm³/mol. The number of hydrogen-bond acceptors (Lipinski definition) is 2. The topological polar surface area (TPSA) is 6.48 Å². The van der Waals surface area contributed by atoms with Gasteiger partial charge in [-0.2, -0.15) is 0 Å². The molecule has 2 nitrogen and oxygen atoms in total. The van der Waals surface area contributed by atoms with Crippen molar-refractivity contribution in [3.8, 4) is 0 Å². The first-order chi connectivity index (χ1) is 5.15. The van der Waals surface area contributed by atoms with Crippen LogP contribution >= 0.6 is 0 Å². The molecule has 0 spiro atoms. The molecule has 1 unspecified atom stereocenters. The molecule has 11 heavy (non-hydrogen) atoms. The van der Waals surface area contributed by atoms with Crippen LogP contribution in [-0.2, 0) is 0 Å². The van der Waals surface area contributed by atoms with Crippen LogP contribution in [0.25, 0.3) is 0 Å². The first kappa shape index (κ1) is 9.01. The highest BCUT2D eigenvalue weighted by Gasteiger charge is 2.24. The van der Waals surface area contributed by atoms with Crippen LogP contribution in [0.5, 0.6) is 0 Å². The number of piperazine rings is 1. The Bertz CT molecular complexity index is 125. The zero-order chi connectivity index (χ0) is 8.43. The lowest BCUT2D eigenvalue weighted by molar-refractivity contribution is 0.0696. The SMILES string of the molecule is CCC1CN(C)[C@@H](C)CN1C. The van der Waals surface area contributed by atoms with Gasteiger partial charge in [0.25, 0.3) is 0 Å². The monoisotopic (exact) mass is 156 g/mol. The van der Waals surface area contributed by atoms with Gasteiger partial charge in [-0.3, -0.25) is 0 Å². The summed E-state index contributed by atoms with van der Waals surface area (Å²) in [5.74, 6) is 0. The molecule has 0 amide bonds. The van der Waals surface area contributed by atoms with Crippen LogP contribution in [0.4, 0.5) is 0 Å². The van der Waals surface area contributed by atoms with E-state index in [1.54, 1.807) is 0 Å². The van der Waals surface area contributed by atoms with Gasteiger partial charge < -0.3 is 9.80 Å². The van der Waals surface area contributed by atoms with E-state index in [1.165, 1.54) is 19.5 Å². The molecule has 0 aromatic heterocycles. The van der Waals surface area contributed by atoms with Crippen molar-refractivity contribution in [3.63, 3.8) is 0 Å². The second-order valence-corrected chi connectivity index (χ2v) is 3.79. The molecular formula is C9H20N2. The summed E-state index contributed by atoms with van der Waals surface area (Å²) in [7, 11) is 4.46. The minimum absolute atomic E-state index is 0.725. The van der Waals surface area contributed by atoms with Gasteiger partial charge in [0.1, 0.15) is 0 Å². The molecule has 2 atom stereocenters. The maximum absolute atomic E-state index is 2.48. The predicted octanol–water partition coefficient (Wildman–Crippen LogP) is 1.03. The van der Waals surface area contributed by atoms with E-state index in [2.05, 4.69) is 37.7 Å². The quantitative estimate of drug-likeness (QED) is 0.559. The van der Waals surface area contributed by atoms with E-state index >= 15 is 0 Å². The third kappa shape index (κ3) is 1.94. The van der Waals surface area contributed by atoms with Gasteiger partial charge in [0, 0.05) is 25.2 Å². The summed E-state index contributed by atoms with van der Waals surface area (Å²) in [4.78, 5) is 4.93. The third-order valence-corrected chi connectivity index (χ3v) is 2.90. The molecule has 0 aromatic rings. The minimum Gasteiger partial charge on any atom is -0.301 e. The Kier molecular flexibility index (Phi) is 2.90. The maximum Gasteiger partial charge on any atom is 0.0218 e. The summed E-state index contributed by atoms with van der Waals surface area (Å²) >= 11 is 0. The zero-order valence-corrected chi connectivity index (χ0v) is 8.17. The molecule has 1 rings (SSSR count). The van der Waals surface area contributed by atoms with E-state index < -0.39 is 0 Å². The van der Waals surface area contributed by atoms with Crippen molar-refractivity contribution in [1.82, 2.24) is 9.80 Å². The van der Waals surface area contributed by atoms with Crippen molar-refractivity contribution in [1.29, 1.82) is 0 Å². The molecule has 0 aromatic carbocycles. The molecule has 0 aliphatic carbocycles. The largest absolute Gasteiger partial charge is 0.301 e. The zero-order valence-electron chi connectivity index (χ0n) is 8.17. The van der Waals surface area contributed by atoms with Gasteiger partial charge in [0.05, 0.1) is 0 Å². The van der Waals surface area contributed by atoms with Crippen LogP contribution in [0.1, 0.15) is 20.3 Å². The molecule has 2 heteroatoms. The third-order valence-electron chi connectivity index (χ3n) is 2.90. The van der Waals surface area contributed by atoms with Crippen molar-refractivity contribution in [2.45, 2.75) is 32.4 Å². The Morgan fingerprint density at radius 2 is 1.82 bits per heavy atom. The fourth-order valence-electron chi connectivity index (χ4n) is 1.80. The van der Waals surface area contributed by atoms with Crippen LogP contribution in [0, 0.1) is 0 Å². The average Bonchev–Trinajstić information content (AvgIpc) is 1.97. The van der Waals surface area contributed by atoms with Gasteiger partial charge in [-0.1, -0.05) is 6.92 Å². The summed E-state index contributed by atoms with van der Waals surface area (Å²) in [5.41, 5.74) is 0. The minimum atomic E-state index is 0.725. The molecule has 1 fully saturated rings. The Labute approximate surface area is 70.2 Å². The highest BCUT2D eigenvalue weighted by molar-refractivity contribution is 4.82. The standard InChI is InChI=1S/C9H20N2/c1-5-9-7-10(3)8(2)6-11(9)4/h8-9H,5-7H2,1-4H3/t8-,9?/m0/s1.